The molecule has 32 heavy (non-hydrogen) atoms. The van der Waals surface area contributed by atoms with E-state index in [9.17, 15) is 10.1 Å². The van der Waals surface area contributed by atoms with Crippen LogP contribution in [0.5, 0.6) is 0 Å². The summed E-state index contributed by atoms with van der Waals surface area (Å²) in [5.74, 6) is 0.252. The SMILES string of the molecule is CCn1c2ccccc2c2cc(-c3nc(Nc4ccc(Cl)cc4)[nH]c(=O)c3C#N)ccc21. The van der Waals surface area contributed by atoms with Crippen molar-refractivity contribution in [2.24, 2.45) is 0 Å². The van der Waals surface area contributed by atoms with E-state index in [1.165, 1.54) is 0 Å². The number of aryl methyl sites for hydroxylation is 1. The lowest BCUT2D eigenvalue weighted by atomic mass is 10.0. The van der Waals surface area contributed by atoms with Crippen molar-refractivity contribution in [3.05, 3.63) is 87.7 Å². The van der Waals surface area contributed by atoms with E-state index in [2.05, 4.69) is 38.9 Å². The van der Waals surface area contributed by atoms with Gasteiger partial charge in [0.1, 0.15) is 11.6 Å². The molecule has 0 bridgehead atoms. The minimum Gasteiger partial charge on any atom is -0.341 e. The Morgan fingerprint density at radius 2 is 1.81 bits per heavy atom. The Hall–Kier alpha value is -4.08. The standard InChI is InChI=1S/C25H18ClN5O/c1-2-31-21-6-4-3-5-18(21)19-13-15(7-12-22(19)31)23-20(14-27)24(32)30-25(29-23)28-17-10-8-16(26)9-11-17/h3-13H,2H2,1H3,(H2,28,29,30,32). The zero-order valence-corrected chi connectivity index (χ0v) is 17.9. The van der Waals surface area contributed by atoms with E-state index in [4.69, 9.17) is 11.6 Å². The van der Waals surface area contributed by atoms with Crippen molar-refractivity contribution in [2.75, 3.05) is 5.32 Å². The van der Waals surface area contributed by atoms with Gasteiger partial charge in [0.2, 0.25) is 5.95 Å². The molecule has 0 aliphatic heterocycles. The van der Waals surface area contributed by atoms with Crippen LogP contribution < -0.4 is 10.9 Å². The van der Waals surface area contributed by atoms with Gasteiger partial charge in [0, 0.05) is 44.6 Å². The second-order valence-electron chi connectivity index (χ2n) is 7.38. The zero-order chi connectivity index (χ0) is 22.2. The van der Waals surface area contributed by atoms with E-state index >= 15 is 0 Å². The number of anilines is 2. The van der Waals surface area contributed by atoms with Gasteiger partial charge in [-0.25, -0.2) is 4.98 Å². The molecule has 2 heterocycles. The van der Waals surface area contributed by atoms with Crippen LogP contribution in [0.1, 0.15) is 12.5 Å². The summed E-state index contributed by atoms with van der Waals surface area (Å²) < 4.78 is 2.25. The molecule has 2 N–H and O–H groups in total. The van der Waals surface area contributed by atoms with Crippen molar-refractivity contribution in [1.82, 2.24) is 14.5 Å². The summed E-state index contributed by atoms with van der Waals surface area (Å²) in [5, 5.41) is 15.5. The van der Waals surface area contributed by atoms with Crippen LogP contribution in [0.4, 0.5) is 11.6 Å². The molecule has 6 nitrogen and oxygen atoms in total. The average molecular weight is 440 g/mol. The van der Waals surface area contributed by atoms with Crippen LogP contribution in [0.3, 0.4) is 0 Å². The molecule has 0 amide bonds. The quantitative estimate of drug-likeness (QED) is 0.368. The third-order valence-electron chi connectivity index (χ3n) is 5.50. The number of H-pyrrole nitrogens is 1. The van der Waals surface area contributed by atoms with Gasteiger partial charge in [-0.1, -0.05) is 35.9 Å². The number of rotatable bonds is 4. The van der Waals surface area contributed by atoms with E-state index in [0.717, 1.165) is 34.0 Å². The molecule has 3 aromatic carbocycles. The van der Waals surface area contributed by atoms with E-state index in [-0.39, 0.29) is 11.5 Å². The highest BCUT2D eigenvalue weighted by Gasteiger charge is 2.16. The fraction of sp³-hybridized carbons (Fsp3) is 0.0800. The van der Waals surface area contributed by atoms with Gasteiger partial charge in [0.25, 0.3) is 5.56 Å². The van der Waals surface area contributed by atoms with E-state index in [0.29, 0.717) is 16.3 Å². The molecule has 0 unspecified atom stereocenters. The Morgan fingerprint density at radius 3 is 2.56 bits per heavy atom. The molecule has 0 fully saturated rings. The molecule has 5 rings (SSSR count). The Morgan fingerprint density at radius 1 is 1.06 bits per heavy atom. The highest BCUT2D eigenvalue weighted by atomic mass is 35.5. The van der Waals surface area contributed by atoms with Gasteiger partial charge in [-0.05, 0) is 49.4 Å². The minimum atomic E-state index is -0.495. The normalized spacial score (nSPS) is 11.0. The number of benzene rings is 3. The van der Waals surface area contributed by atoms with Crippen LogP contribution in [-0.4, -0.2) is 14.5 Å². The molecular formula is C25H18ClN5O. The maximum absolute atomic E-state index is 12.7. The Bertz CT molecular complexity index is 1580. The van der Waals surface area contributed by atoms with Crippen LogP contribution in [0.15, 0.2) is 71.5 Å². The molecule has 0 saturated carbocycles. The number of para-hydroxylation sites is 1. The number of nitrogens with zero attached hydrogens (tertiary/aromatic N) is 3. The van der Waals surface area contributed by atoms with Gasteiger partial charge in [0.15, 0.2) is 0 Å². The summed E-state index contributed by atoms with van der Waals surface area (Å²) in [6.45, 7) is 2.95. The van der Waals surface area contributed by atoms with Crippen LogP contribution in [0.25, 0.3) is 33.1 Å². The molecule has 5 aromatic rings. The molecule has 0 aliphatic rings. The second kappa shape index (κ2) is 7.88. The highest BCUT2D eigenvalue weighted by Crippen LogP contribution is 2.33. The average Bonchev–Trinajstić information content (AvgIpc) is 3.13. The first kappa shape index (κ1) is 19.9. The first-order valence-electron chi connectivity index (χ1n) is 10.2. The van der Waals surface area contributed by atoms with Gasteiger partial charge < -0.3 is 9.88 Å². The first-order chi connectivity index (χ1) is 15.6. The number of aromatic nitrogens is 3. The summed E-state index contributed by atoms with van der Waals surface area (Å²) in [4.78, 5) is 19.9. The van der Waals surface area contributed by atoms with E-state index < -0.39 is 5.56 Å². The lowest BCUT2D eigenvalue weighted by molar-refractivity contribution is 0.827. The first-order valence-corrected chi connectivity index (χ1v) is 10.5. The van der Waals surface area contributed by atoms with Gasteiger partial charge in [-0.2, -0.15) is 5.26 Å². The molecule has 7 heteroatoms. The fourth-order valence-corrected chi connectivity index (χ4v) is 4.18. The van der Waals surface area contributed by atoms with E-state index in [1.807, 2.05) is 36.4 Å². The van der Waals surface area contributed by atoms with Crippen molar-refractivity contribution in [2.45, 2.75) is 13.5 Å². The minimum absolute atomic E-state index is 0.0229. The molecule has 0 saturated heterocycles. The monoisotopic (exact) mass is 439 g/mol. The van der Waals surface area contributed by atoms with Crippen molar-refractivity contribution in [3.8, 4) is 17.3 Å². The summed E-state index contributed by atoms with van der Waals surface area (Å²) in [6, 6.07) is 23.2. The van der Waals surface area contributed by atoms with Crippen LogP contribution in [0, 0.1) is 11.3 Å². The van der Waals surface area contributed by atoms with Gasteiger partial charge in [-0.3, -0.25) is 9.78 Å². The van der Waals surface area contributed by atoms with Crippen LogP contribution >= 0.6 is 11.6 Å². The number of hydrogen-bond acceptors (Lipinski definition) is 4. The maximum Gasteiger partial charge on any atom is 0.270 e. The van der Waals surface area contributed by atoms with Gasteiger partial charge >= 0.3 is 0 Å². The molecule has 0 atom stereocenters. The van der Waals surface area contributed by atoms with Crippen molar-refractivity contribution >= 4 is 45.0 Å². The van der Waals surface area contributed by atoms with Crippen LogP contribution in [0.2, 0.25) is 5.02 Å². The maximum atomic E-state index is 12.7. The fourth-order valence-electron chi connectivity index (χ4n) is 4.06. The molecule has 0 radical (unpaired) electrons. The summed E-state index contributed by atoms with van der Waals surface area (Å²) in [6.07, 6.45) is 0. The van der Waals surface area contributed by atoms with Crippen molar-refractivity contribution in [1.29, 1.82) is 5.26 Å². The number of halogens is 1. The predicted molar refractivity (Wildman–Crippen MR) is 128 cm³/mol. The number of aromatic amines is 1. The lowest BCUT2D eigenvalue weighted by Gasteiger charge is -2.09. The number of fused-ring (bicyclic) bond motifs is 3. The number of nitriles is 1. The topological polar surface area (TPSA) is 86.5 Å². The number of hydrogen-bond donors (Lipinski definition) is 2. The van der Waals surface area contributed by atoms with Crippen molar-refractivity contribution < 1.29 is 0 Å². The lowest BCUT2D eigenvalue weighted by Crippen LogP contribution is -2.16. The largest absolute Gasteiger partial charge is 0.341 e. The third-order valence-corrected chi connectivity index (χ3v) is 5.75. The van der Waals surface area contributed by atoms with Crippen LogP contribution in [-0.2, 0) is 6.54 Å². The number of nitrogens with one attached hydrogen (secondary N) is 2. The smallest absolute Gasteiger partial charge is 0.270 e. The molecule has 2 aromatic heterocycles. The predicted octanol–water partition coefficient (Wildman–Crippen LogP) is 5.83. The summed E-state index contributed by atoms with van der Waals surface area (Å²) >= 11 is 5.95. The summed E-state index contributed by atoms with van der Waals surface area (Å²) in [7, 11) is 0. The third kappa shape index (κ3) is 3.29. The summed E-state index contributed by atoms with van der Waals surface area (Å²) in [5.41, 5.74) is 3.48. The van der Waals surface area contributed by atoms with Gasteiger partial charge in [0.05, 0.1) is 5.69 Å². The van der Waals surface area contributed by atoms with E-state index in [1.54, 1.807) is 24.3 Å². The van der Waals surface area contributed by atoms with Gasteiger partial charge in [-0.15, -0.1) is 0 Å². The molecule has 0 aliphatic carbocycles. The Labute approximate surface area is 188 Å². The van der Waals surface area contributed by atoms with Crippen molar-refractivity contribution in [3.63, 3.8) is 0 Å². The molecular weight excluding hydrogens is 422 g/mol. The zero-order valence-electron chi connectivity index (χ0n) is 17.2. The Kier molecular flexibility index (Phi) is 4.89. The molecule has 156 valence electrons. The highest BCUT2D eigenvalue weighted by molar-refractivity contribution is 6.30. The molecule has 0 spiro atoms. The second-order valence-corrected chi connectivity index (χ2v) is 7.81. The Balaban J connectivity index is 1.69.